The van der Waals surface area contributed by atoms with Crippen LogP contribution in [0.15, 0.2) is 0 Å². The van der Waals surface area contributed by atoms with Gasteiger partial charge in [0.15, 0.2) is 25.2 Å². The van der Waals surface area contributed by atoms with E-state index in [9.17, 15) is 66.1 Å². The summed E-state index contributed by atoms with van der Waals surface area (Å²) in [6, 6.07) is -1.50. The molecule has 4 heterocycles. The van der Waals surface area contributed by atoms with Crippen LogP contribution in [-0.2, 0) is 38.0 Å². The second-order valence-corrected chi connectivity index (χ2v) is 11.8. The summed E-state index contributed by atoms with van der Waals surface area (Å²) < 4.78 is 38.8. The first-order valence-corrected chi connectivity index (χ1v) is 15.0. The van der Waals surface area contributed by atoms with Crippen molar-refractivity contribution in [1.82, 2.24) is 5.32 Å². The van der Waals surface area contributed by atoms with Gasteiger partial charge < -0.3 is 99.8 Å². The van der Waals surface area contributed by atoms with Crippen molar-refractivity contribution in [3.63, 3.8) is 0 Å². The molecule has 0 aromatic rings. The van der Waals surface area contributed by atoms with Gasteiger partial charge in [0.25, 0.3) is 0 Å². The second-order valence-electron chi connectivity index (χ2n) is 11.8. The lowest BCUT2D eigenvalue weighted by atomic mass is 9.95. The number of nitrogens with one attached hydrogen (secondary N) is 1. The number of ether oxygens (including phenoxy) is 7. The molecule has 19 atom stereocenters. The van der Waals surface area contributed by atoms with Crippen molar-refractivity contribution in [2.24, 2.45) is 0 Å². The number of carbonyl (C=O) groups is 1. The van der Waals surface area contributed by atoms with Crippen LogP contribution in [0.2, 0.25) is 0 Å². The summed E-state index contributed by atoms with van der Waals surface area (Å²) >= 11 is 0. The number of hydrogen-bond acceptors (Lipinski definition) is 20. The van der Waals surface area contributed by atoms with Gasteiger partial charge in [-0.15, -0.1) is 0 Å². The van der Waals surface area contributed by atoms with Crippen molar-refractivity contribution in [2.45, 2.75) is 130 Å². The van der Waals surface area contributed by atoms with Crippen LogP contribution in [0.1, 0.15) is 13.3 Å². The number of amides is 1. The Bertz CT molecular complexity index is 998. The molecule has 0 aromatic heterocycles. The van der Waals surface area contributed by atoms with Crippen LogP contribution in [0, 0.1) is 0 Å². The Morgan fingerprint density at radius 3 is 1.79 bits per heavy atom. The van der Waals surface area contributed by atoms with Gasteiger partial charge in [0.2, 0.25) is 5.91 Å². The van der Waals surface area contributed by atoms with Crippen LogP contribution in [0.4, 0.5) is 0 Å². The molecule has 4 saturated heterocycles. The van der Waals surface area contributed by atoms with Crippen LogP contribution in [0.3, 0.4) is 0 Å². The highest BCUT2D eigenvalue weighted by atomic mass is 16.8. The van der Waals surface area contributed by atoms with E-state index in [2.05, 4.69) is 5.32 Å². The fourth-order valence-corrected chi connectivity index (χ4v) is 5.80. The molecule has 0 aliphatic carbocycles. The van der Waals surface area contributed by atoms with Crippen molar-refractivity contribution in [2.75, 3.05) is 26.4 Å². The summed E-state index contributed by atoms with van der Waals surface area (Å²) in [6.45, 7) is -1.76. The first-order chi connectivity index (χ1) is 22.2. The van der Waals surface area contributed by atoms with Crippen molar-refractivity contribution in [1.29, 1.82) is 0 Å². The van der Waals surface area contributed by atoms with Gasteiger partial charge in [-0.1, -0.05) is 0 Å². The summed E-state index contributed by atoms with van der Waals surface area (Å²) in [5.41, 5.74) is 0. The molecule has 0 unspecified atom stereocenters. The molecule has 274 valence electrons. The Balaban J connectivity index is 1.52. The average molecular weight is 692 g/mol. The number of carbonyl (C=O) groups excluding carboxylic acids is 1. The largest absolute Gasteiger partial charge is 0.394 e. The van der Waals surface area contributed by atoms with E-state index in [0.717, 1.165) is 6.92 Å². The normalized spacial score (nSPS) is 49.4. The third-order valence-electron chi connectivity index (χ3n) is 8.48. The zero-order valence-corrected chi connectivity index (χ0v) is 25.1. The van der Waals surface area contributed by atoms with Gasteiger partial charge in [-0.05, 0) is 0 Å². The molecular weight excluding hydrogens is 646 g/mol. The number of hydrogen-bond donors (Lipinski definition) is 13. The van der Waals surface area contributed by atoms with Crippen LogP contribution in [0.5, 0.6) is 0 Å². The number of aliphatic hydroxyl groups excluding tert-OH is 12. The number of rotatable bonds is 11. The van der Waals surface area contributed by atoms with E-state index in [1.807, 2.05) is 0 Å². The molecule has 0 bridgehead atoms. The lowest BCUT2D eigenvalue weighted by Crippen LogP contribution is -2.68. The van der Waals surface area contributed by atoms with Gasteiger partial charge in [-0.25, -0.2) is 0 Å². The van der Waals surface area contributed by atoms with E-state index in [1.54, 1.807) is 0 Å². The third kappa shape index (κ3) is 8.54. The zero-order valence-electron chi connectivity index (χ0n) is 25.1. The Morgan fingerprint density at radius 1 is 0.638 bits per heavy atom. The smallest absolute Gasteiger partial charge is 0.217 e. The predicted octanol–water partition coefficient (Wildman–Crippen LogP) is -8.58. The number of aliphatic hydroxyl groups is 12. The SMILES string of the molecule is CC(=O)N[C@H]1[C@H](O[C@@H]2[C@@H](O[C@@H]3[C@H](O)[C@H](O)O[C@H](CO[C@@H]4C[C@@H](O)[C@H](O)[C@@H](CO)O4)[C@H]3O)O[C@H](CO)[C@@H](O)[C@@H]2O)O[C@H](CO)[C@@H](O)[C@@H]1O. The maximum atomic E-state index is 11.9. The maximum absolute atomic E-state index is 11.9. The minimum Gasteiger partial charge on any atom is -0.394 e. The summed E-state index contributed by atoms with van der Waals surface area (Å²) in [5.74, 6) is -0.693. The van der Waals surface area contributed by atoms with E-state index in [0.29, 0.717) is 0 Å². The molecule has 4 fully saturated rings. The Kier molecular flexibility index (Phi) is 13.6. The molecule has 21 nitrogen and oxygen atoms in total. The van der Waals surface area contributed by atoms with E-state index in [4.69, 9.17) is 33.2 Å². The van der Waals surface area contributed by atoms with E-state index in [1.165, 1.54) is 0 Å². The van der Waals surface area contributed by atoms with Gasteiger partial charge in [-0.2, -0.15) is 0 Å². The van der Waals surface area contributed by atoms with Crippen LogP contribution in [0.25, 0.3) is 0 Å². The van der Waals surface area contributed by atoms with Crippen molar-refractivity contribution >= 4 is 5.91 Å². The molecule has 4 rings (SSSR count). The van der Waals surface area contributed by atoms with Crippen LogP contribution in [-0.4, -0.2) is 210 Å². The van der Waals surface area contributed by atoms with Crippen molar-refractivity contribution in [3.05, 3.63) is 0 Å². The molecule has 0 saturated carbocycles. The second kappa shape index (κ2) is 16.6. The molecule has 21 heteroatoms. The highest BCUT2D eigenvalue weighted by Crippen LogP contribution is 2.33. The van der Waals surface area contributed by atoms with Crippen LogP contribution >= 0.6 is 0 Å². The Hall–Kier alpha value is -1.29. The lowest BCUT2D eigenvalue weighted by Gasteiger charge is -2.49. The molecule has 4 aliphatic heterocycles. The molecular formula is C26H45NO20. The van der Waals surface area contributed by atoms with Gasteiger partial charge in [0, 0.05) is 13.3 Å². The minimum absolute atomic E-state index is 0.227. The molecule has 0 aromatic carbocycles. The summed E-state index contributed by atoms with van der Waals surface area (Å²) in [6.07, 6.45) is -29.9. The summed E-state index contributed by atoms with van der Waals surface area (Å²) in [7, 11) is 0. The predicted molar refractivity (Wildman–Crippen MR) is 144 cm³/mol. The minimum atomic E-state index is -2.00. The third-order valence-corrected chi connectivity index (χ3v) is 8.48. The quantitative estimate of drug-likeness (QED) is 0.0956. The van der Waals surface area contributed by atoms with Gasteiger partial charge in [0.05, 0.1) is 32.5 Å². The molecule has 1 amide bonds. The van der Waals surface area contributed by atoms with Gasteiger partial charge in [-0.3, -0.25) is 4.79 Å². The highest BCUT2D eigenvalue weighted by molar-refractivity contribution is 5.73. The van der Waals surface area contributed by atoms with Gasteiger partial charge in [0.1, 0.15) is 85.4 Å². The molecule has 0 radical (unpaired) electrons. The first kappa shape index (κ1) is 38.5. The first-order valence-electron chi connectivity index (χ1n) is 15.0. The molecule has 13 N–H and O–H groups in total. The van der Waals surface area contributed by atoms with Crippen molar-refractivity contribution < 1.29 is 99.2 Å². The van der Waals surface area contributed by atoms with Crippen molar-refractivity contribution in [3.8, 4) is 0 Å². The molecule has 0 spiro atoms. The molecule has 47 heavy (non-hydrogen) atoms. The average Bonchev–Trinajstić information content (AvgIpc) is 3.04. The Labute approximate surface area is 267 Å². The lowest BCUT2D eigenvalue weighted by molar-refractivity contribution is -0.382. The zero-order chi connectivity index (χ0) is 34.7. The van der Waals surface area contributed by atoms with E-state index < -0.39 is 149 Å². The fourth-order valence-electron chi connectivity index (χ4n) is 5.80. The topological polar surface area (TPSA) is 336 Å². The fraction of sp³-hybridized carbons (Fsp3) is 0.962. The van der Waals surface area contributed by atoms with Gasteiger partial charge >= 0.3 is 0 Å². The monoisotopic (exact) mass is 691 g/mol. The summed E-state index contributed by atoms with van der Waals surface area (Å²) in [5, 5.41) is 126. The van der Waals surface area contributed by atoms with E-state index >= 15 is 0 Å². The standard InChI is InChI=1S/C26H45NO20/c1-7(31)27-14-19(37)16(34)10(4-29)44-25(14)47-23-20(38)17(35)11(5-30)45-26(23)46-22-18(36)12(43-24(40)21(22)39)6-41-13-2-8(32)15(33)9(3-28)42-13/h8-26,28-30,32-40H,2-6H2,1H3,(H,27,31)/t8-,9-,10-,11-,12-,13+,14-,15+,16-,17-,18-,19-,20+,21+,22+,23+,24-,25+,26-/m1/s1. The highest BCUT2D eigenvalue weighted by Gasteiger charge is 2.54. The van der Waals surface area contributed by atoms with E-state index in [-0.39, 0.29) is 6.42 Å². The maximum Gasteiger partial charge on any atom is 0.217 e. The Morgan fingerprint density at radius 2 is 1.19 bits per heavy atom. The summed E-state index contributed by atoms with van der Waals surface area (Å²) in [4.78, 5) is 11.9. The molecule has 4 aliphatic rings. The van der Waals surface area contributed by atoms with Crippen LogP contribution < -0.4 is 5.32 Å².